The van der Waals surface area contributed by atoms with Crippen LogP contribution in [-0.2, 0) is 21.5 Å². The summed E-state index contributed by atoms with van der Waals surface area (Å²) in [7, 11) is 1.20. The predicted octanol–water partition coefficient (Wildman–Crippen LogP) is 5.91. The fourth-order valence-corrected chi connectivity index (χ4v) is 3.82. The average molecular weight is 476 g/mol. The third-order valence-corrected chi connectivity index (χ3v) is 5.70. The number of methoxy groups -OCH3 is 1. The van der Waals surface area contributed by atoms with Gasteiger partial charge in [-0.2, -0.15) is 13.2 Å². The Kier molecular flexibility index (Phi) is 7.65. The van der Waals surface area contributed by atoms with E-state index in [9.17, 15) is 27.9 Å². The highest BCUT2D eigenvalue weighted by molar-refractivity contribution is 7.98. The molecule has 0 aromatic heterocycles. The zero-order valence-electron chi connectivity index (χ0n) is 17.4. The van der Waals surface area contributed by atoms with Crippen LogP contribution >= 0.6 is 11.8 Å². The quantitative estimate of drug-likeness (QED) is 0.322. The summed E-state index contributed by atoms with van der Waals surface area (Å²) in [4.78, 5) is 23.5. The number of carbonyl (C=O) groups is 2. The van der Waals surface area contributed by atoms with Crippen molar-refractivity contribution in [2.75, 3.05) is 13.7 Å². The first-order valence-electron chi connectivity index (χ1n) is 9.63. The third kappa shape index (κ3) is 6.52. The first-order valence-corrected chi connectivity index (χ1v) is 10.6. The van der Waals surface area contributed by atoms with Crippen molar-refractivity contribution in [3.05, 3.63) is 83.4 Å². The fourth-order valence-electron chi connectivity index (χ4n) is 2.95. The van der Waals surface area contributed by atoms with E-state index in [1.54, 1.807) is 6.07 Å². The summed E-state index contributed by atoms with van der Waals surface area (Å²) in [6.07, 6.45) is -4.38. The predicted molar refractivity (Wildman–Crippen MR) is 117 cm³/mol. The Bertz CT molecular complexity index is 1140. The molecule has 3 aromatic rings. The lowest BCUT2D eigenvalue weighted by Gasteiger charge is -2.11. The van der Waals surface area contributed by atoms with Crippen LogP contribution in [0.25, 0.3) is 11.1 Å². The highest BCUT2D eigenvalue weighted by Crippen LogP contribution is 2.32. The van der Waals surface area contributed by atoms with Crippen LogP contribution in [0.3, 0.4) is 0 Å². The van der Waals surface area contributed by atoms with Crippen LogP contribution < -0.4 is 4.74 Å². The molecule has 0 saturated carbocycles. The number of hydrogen-bond acceptors (Lipinski definition) is 5. The zero-order chi connectivity index (χ0) is 24.0. The summed E-state index contributed by atoms with van der Waals surface area (Å²) >= 11 is 1.39. The van der Waals surface area contributed by atoms with Gasteiger partial charge >= 0.3 is 18.1 Å². The number of alkyl halides is 3. The van der Waals surface area contributed by atoms with Crippen LogP contribution in [0.1, 0.15) is 21.5 Å². The van der Waals surface area contributed by atoms with Crippen molar-refractivity contribution < 1.29 is 37.3 Å². The molecule has 33 heavy (non-hydrogen) atoms. The Morgan fingerprint density at radius 2 is 1.70 bits per heavy atom. The molecule has 0 heterocycles. The van der Waals surface area contributed by atoms with Crippen LogP contribution in [-0.4, -0.2) is 30.8 Å². The van der Waals surface area contributed by atoms with Gasteiger partial charge in [-0.25, -0.2) is 9.59 Å². The van der Waals surface area contributed by atoms with Crippen molar-refractivity contribution in [3.63, 3.8) is 0 Å². The summed E-state index contributed by atoms with van der Waals surface area (Å²) in [5.74, 6) is -1.25. The van der Waals surface area contributed by atoms with Gasteiger partial charge in [-0.15, -0.1) is 11.8 Å². The van der Waals surface area contributed by atoms with Gasteiger partial charge in [-0.05, 0) is 47.0 Å². The molecule has 5 nitrogen and oxygen atoms in total. The molecular formula is C24H19F3O5S. The molecule has 0 aliphatic heterocycles. The highest BCUT2D eigenvalue weighted by Gasteiger charge is 2.29. The molecule has 0 bridgehead atoms. The van der Waals surface area contributed by atoms with E-state index in [0.29, 0.717) is 16.2 Å². The number of carbonyl (C=O) groups excluding carboxylic acids is 1. The number of halogens is 3. The van der Waals surface area contributed by atoms with Crippen LogP contribution in [0, 0.1) is 0 Å². The van der Waals surface area contributed by atoms with Crippen LogP contribution in [0.15, 0.2) is 71.6 Å². The standard InChI is InChI=1S/C24H19F3O5S/c1-31-22(28)13-32-21-10-9-19(12-20(21)23(29)30)33-14-15-3-2-4-17(11-15)16-5-7-18(8-6-16)24(25,26)27/h2-12H,13-14H2,1H3,(H,29,30). The van der Waals surface area contributed by atoms with E-state index >= 15 is 0 Å². The number of carboxylic acids is 1. The minimum absolute atomic E-state index is 0.0570. The monoisotopic (exact) mass is 476 g/mol. The van der Waals surface area contributed by atoms with Crippen molar-refractivity contribution in [2.45, 2.75) is 16.8 Å². The number of carboxylic acid groups (broad SMARTS) is 1. The van der Waals surface area contributed by atoms with Crippen LogP contribution in [0.5, 0.6) is 5.75 Å². The van der Waals surface area contributed by atoms with Crippen molar-refractivity contribution in [1.29, 1.82) is 0 Å². The summed E-state index contributed by atoms with van der Waals surface area (Å²) in [5.41, 5.74) is 1.57. The number of thioether (sulfide) groups is 1. The molecule has 0 unspecified atom stereocenters. The van der Waals surface area contributed by atoms with Crippen molar-refractivity contribution in [2.24, 2.45) is 0 Å². The number of aromatic carboxylic acids is 1. The number of rotatable bonds is 8. The van der Waals surface area contributed by atoms with E-state index in [1.807, 2.05) is 24.3 Å². The van der Waals surface area contributed by atoms with Gasteiger partial charge in [0.1, 0.15) is 11.3 Å². The van der Waals surface area contributed by atoms with Gasteiger partial charge in [0, 0.05) is 10.6 Å². The molecular weight excluding hydrogens is 457 g/mol. The van der Waals surface area contributed by atoms with Crippen molar-refractivity contribution in [1.82, 2.24) is 0 Å². The molecule has 3 rings (SSSR count). The van der Waals surface area contributed by atoms with Crippen molar-refractivity contribution >= 4 is 23.7 Å². The van der Waals surface area contributed by atoms with Gasteiger partial charge in [0.15, 0.2) is 6.61 Å². The summed E-state index contributed by atoms with van der Waals surface area (Å²) < 4.78 is 48.0. The Morgan fingerprint density at radius 3 is 2.33 bits per heavy atom. The molecule has 0 radical (unpaired) electrons. The fraction of sp³-hybridized carbons (Fsp3) is 0.167. The lowest BCUT2D eigenvalue weighted by molar-refractivity contribution is -0.143. The van der Waals surface area contributed by atoms with E-state index < -0.39 is 30.3 Å². The SMILES string of the molecule is COC(=O)COc1ccc(SCc2cccc(-c3ccc(C(F)(F)F)cc3)c2)cc1C(=O)O. The maximum absolute atomic E-state index is 12.8. The van der Waals surface area contributed by atoms with E-state index in [1.165, 1.54) is 43.1 Å². The van der Waals surface area contributed by atoms with E-state index in [4.69, 9.17) is 4.74 Å². The van der Waals surface area contributed by atoms with Gasteiger partial charge in [0.2, 0.25) is 0 Å². The molecule has 0 aliphatic rings. The Hall–Kier alpha value is -3.46. The van der Waals surface area contributed by atoms with Gasteiger partial charge < -0.3 is 14.6 Å². The smallest absolute Gasteiger partial charge is 0.416 e. The summed E-state index contributed by atoms with van der Waals surface area (Å²) in [6, 6.07) is 17.0. The number of esters is 1. The van der Waals surface area contributed by atoms with Crippen LogP contribution in [0.4, 0.5) is 13.2 Å². The Morgan fingerprint density at radius 1 is 0.970 bits per heavy atom. The first kappa shape index (κ1) is 24.2. The second-order valence-electron chi connectivity index (χ2n) is 6.89. The topological polar surface area (TPSA) is 72.8 Å². The second-order valence-corrected chi connectivity index (χ2v) is 7.94. The minimum Gasteiger partial charge on any atom is -0.481 e. The zero-order valence-corrected chi connectivity index (χ0v) is 18.2. The number of hydrogen-bond donors (Lipinski definition) is 1. The second kappa shape index (κ2) is 10.4. The maximum atomic E-state index is 12.8. The molecule has 9 heteroatoms. The molecule has 3 aromatic carbocycles. The summed E-state index contributed by atoms with van der Waals surface area (Å²) in [5, 5.41) is 9.45. The van der Waals surface area contributed by atoms with E-state index in [-0.39, 0.29) is 11.3 Å². The maximum Gasteiger partial charge on any atom is 0.416 e. The lowest BCUT2D eigenvalue weighted by Crippen LogP contribution is -2.14. The molecule has 0 amide bonds. The normalized spacial score (nSPS) is 11.2. The Labute approximate surface area is 192 Å². The van der Waals surface area contributed by atoms with E-state index in [0.717, 1.165) is 23.3 Å². The van der Waals surface area contributed by atoms with E-state index in [2.05, 4.69) is 4.74 Å². The van der Waals surface area contributed by atoms with Gasteiger partial charge in [0.25, 0.3) is 0 Å². The minimum atomic E-state index is -4.38. The molecule has 0 fully saturated rings. The average Bonchev–Trinajstić information content (AvgIpc) is 2.81. The molecule has 0 aliphatic carbocycles. The molecule has 0 spiro atoms. The number of ether oxygens (including phenoxy) is 2. The lowest BCUT2D eigenvalue weighted by atomic mass is 10.0. The van der Waals surface area contributed by atoms with Gasteiger partial charge in [0.05, 0.1) is 12.7 Å². The molecule has 0 atom stereocenters. The molecule has 1 N–H and O–H groups in total. The van der Waals surface area contributed by atoms with Crippen LogP contribution in [0.2, 0.25) is 0 Å². The highest BCUT2D eigenvalue weighted by atomic mass is 32.2. The summed E-state index contributed by atoms with van der Waals surface area (Å²) in [6.45, 7) is -0.403. The Balaban J connectivity index is 1.71. The molecule has 0 saturated heterocycles. The third-order valence-electron chi connectivity index (χ3n) is 4.63. The number of benzene rings is 3. The molecule has 172 valence electrons. The van der Waals surface area contributed by atoms with Crippen molar-refractivity contribution in [3.8, 4) is 16.9 Å². The van der Waals surface area contributed by atoms with Gasteiger partial charge in [-0.3, -0.25) is 0 Å². The largest absolute Gasteiger partial charge is 0.481 e. The first-order chi connectivity index (χ1) is 15.7. The van der Waals surface area contributed by atoms with Gasteiger partial charge in [-0.1, -0.05) is 36.4 Å².